The summed E-state index contributed by atoms with van der Waals surface area (Å²) in [6, 6.07) is 0. The first-order valence-corrected chi connectivity index (χ1v) is 4.40. The summed E-state index contributed by atoms with van der Waals surface area (Å²) in [5, 5.41) is 8.53. The molecule has 0 amide bonds. The lowest BCUT2D eigenvalue weighted by Gasteiger charge is -2.13. The van der Waals surface area contributed by atoms with E-state index in [4.69, 9.17) is 5.11 Å². The van der Waals surface area contributed by atoms with Gasteiger partial charge in [0.05, 0.1) is 19.6 Å². The summed E-state index contributed by atoms with van der Waals surface area (Å²) >= 11 is 0. The molecule has 0 aliphatic rings. The van der Waals surface area contributed by atoms with Gasteiger partial charge in [-0.1, -0.05) is 0 Å². The van der Waals surface area contributed by atoms with E-state index in [1.807, 2.05) is 0 Å². The van der Waals surface area contributed by atoms with E-state index in [0.29, 0.717) is 0 Å². The summed E-state index contributed by atoms with van der Waals surface area (Å²) in [5.74, 6) is -2.52. The Morgan fingerprint density at radius 3 is 1.73 bits per heavy atom. The third-order valence-corrected chi connectivity index (χ3v) is 1.51. The lowest BCUT2D eigenvalue weighted by molar-refractivity contribution is -0.150. The number of carbonyl (C=O) groups excluding carboxylic acids is 2. The molecular formula is C9H14O6. The Hall–Kier alpha value is -1.59. The molecule has 0 spiro atoms. The van der Waals surface area contributed by atoms with Crippen molar-refractivity contribution < 1.29 is 29.0 Å². The van der Waals surface area contributed by atoms with E-state index in [0.717, 1.165) is 0 Å². The number of carboxylic acids is 1. The van der Waals surface area contributed by atoms with Crippen molar-refractivity contribution in [2.24, 2.45) is 5.92 Å². The minimum atomic E-state index is -1.03. The molecule has 6 nitrogen and oxygen atoms in total. The van der Waals surface area contributed by atoms with Crippen LogP contribution in [0.5, 0.6) is 0 Å². The molecule has 0 aromatic heterocycles. The summed E-state index contributed by atoms with van der Waals surface area (Å²) in [5.41, 5.74) is 0. The average molecular weight is 218 g/mol. The molecule has 0 aromatic rings. The zero-order chi connectivity index (χ0) is 11.8. The molecule has 0 heterocycles. The molecule has 0 aliphatic carbocycles. The van der Waals surface area contributed by atoms with Gasteiger partial charge in [-0.05, 0) is 0 Å². The van der Waals surface area contributed by atoms with Crippen LogP contribution in [-0.4, -0.2) is 36.2 Å². The molecule has 0 bridgehead atoms. The highest BCUT2D eigenvalue weighted by molar-refractivity contribution is 5.68. The first-order chi connectivity index (χ1) is 6.91. The topological polar surface area (TPSA) is 89.9 Å². The van der Waals surface area contributed by atoms with Gasteiger partial charge < -0.3 is 14.6 Å². The SMILES string of the molecule is CC(=O)OCC(COC(C)=O)CC(=O)O. The smallest absolute Gasteiger partial charge is 0.303 e. The van der Waals surface area contributed by atoms with Gasteiger partial charge in [0.2, 0.25) is 0 Å². The van der Waals surface area contributed by atoms with Gasteiger partial charge in [0.1, 0.15) is 0 Å². The van der Waals surface area contributed by atoms with Gasteiger partial charge in [-0.25, -0.2) is 0 Å². The zero-order valence-electron chi connectivity index (χ0n) is 8.69. The minimum Gasteiger partial charge on any atom is -0.481 e. The molecule has 0 radical (unpaired) electrons. The van der Waals surface area contributed by atoms with E-state index in [1.165, 1.54) is 13.8 Å². The second-order valence-corrected chi connectivity index (χ2v) is 3.07. The monoisotopic (exact) mass is 218 g/mol. The molecule has 1 N–H and O–H groups in total. The summed E-state index contributed by atoms with van der Waals surface area (Å²) in [6.07, 6.45) is -0.208. The molecular weight excluding hydrogens is 204 g/mol. The first kappa shape index (κ1) is 13.4. The van der Waals surface area contributed by atoms with Crippen molar-refractivity contribution >= 4 is 17.9 Å². The molecule has 0 atom stereocenters. The number of hydrogen-bond donors (Lipinski definition) is 1. The minimum absolute atomic E-state index is 0.0606. The fourth-order valence-electron chi connectivity index (χ4n) is 0.883. The van der Waals surface area contributed by atoms with E-state index >= 15 is 0 Å². The number of carbonyl (C=O) groups is 3. The van der Waals surface area contributed by atoms with Gasteiger partial charge in [0, 0.05) is 19.8 Å². The van der Waals surface area contributed by atoms with E-state index in [2.05, 4.69) is 9.47 Å². The molecule has 0 saturated heterocycles. The van der Waals surface area contributed by atoms with Gasteiger partial charge in [0.15, 0.2) is 0 Å². The van der Waals surface area contributed by atoms with Crippen LogP contribution in [0.2, 0.25) is 0 Å². The Morgan fingerprint density at radius 2 is 1.47 bits per heavy atom. The summed E-state index contributed by atoms with van der Waals surface area (Å²) in [7, 11) is 0. The Balaban J connectivity index is 3.99. The third-order valence-electron chi connectivity index (χ3n) is 1.51. The fraction of sp³-hybridized carbons (Fsp3) is 0.667. The molecule has 86 valence electrons. The predicted octanol–water partition coefficient (Wildman–Crippen LogP) is 0.204. The normalized spacial score (nSPS) is 9.80. The number of hydrogen-bond acceptors (Lipinski definition) is 5. The Labute approximate surface area is 87.2 Å². The van der Waals surface area contributed by atoms with Crippen molar-refractivity contribution in [3.05, 3.63) is 0 Å². The van der Waals surface area contributed by atoms with Crippen LogP contribution in [0.1, 0.15) is 20.3 Å². The fourth-order valence-corrected chi connectivity index (χ4v) is 0.883. The van der Waals surface area contributed by atoms with Crippen molar-refractivity contribution in [1.82, 2.24) is 0 Å². The first-order valence-electron chi connectivity index (χ1n) is 4.40. The second kappa shape index (κ2) is 6.80. The molecule has 0 rings (SSSR count). The highest BCUT2D eigenvalue weighted by Gasteiger charge is 2.16. The Bertz CT molecular complexity index is 229. The second-order valence-electron chi connectivity index (χ2n) is 3.07. The zero-order valence-corrected chi connectivity index (χ0v) is 8.69. The van der Waals surface area contributed by atoms with Crippen LogP contribution >= 0.6 is 0 Å². The summed E-state index contributed by atoms with van der Waals surface area (Å²) in [4.78, 5) is 31.4. The van der Waals surface area contributed by atoms with Crippen LogP contribution in [0.25, 0.3) is 0 Å². The largest absolute Gasteiger partial charge is 0.481 e. The highest BCUT2D eigenvalue weighted by atomic mass is 16.5. The van der Waals surface area contributed by atoms with Crippen molar-refractivity contribution in [3.8, 4) is 0 Å². The van der Waals surface area contributed by atoms with Gasteiger partial charge >= 0.3 is 17.9 Å². The van der Waals surface area contributed by atoms with Crippen LogP contribution in [0.3, 0.4) is 0 Å². The van der Waals surface area contributed by atoms with Gasteiger partial charge in [-0.15, -0.1) is 0 Å². The van der Waals surface area contributed by atoms with E-state index in [-0.39, 0.29) is 19.6 Å². The van der Waals surface area contributed by atoms with Crippen molar-refractivity contribution in [1.29, 1.82) is 0 Å². The number of esters is 2. The molecule has 15 heavy (non-hydrogen) atoms. The van der Waals surface area contributed by atoms with Gasteiger partial charge in [0.25, 0.3) is 0 Å². The Morgan fingerprint density at radius 1 is 1.07 bits per heavy atom. The number of rotatable bonds is 6. The quantitative estimate of drug-likeness (QED) is 0.640. The van der Waals surface area contributed by atoms with Gasteiger partial charge in [-0.2, -0.15) is 0 Å². The molecule has 0 unspecified atom stereocenters. The maximum atomic E-state index is 10.5. The maximum absolute atomic E-state index is 10.5. The molecule has 0 aromatic carbocycles. The van der Waals surface area contributed by atoms with Crippen LogP contribution in [0, 0.1) is 5.92 Å². The van der Waals surface area contributed by atoms with Crippen molar-refractivity contribution in [3.63, 3.8) is 0 Å². The average Bonchev–Trinajstić information content (AvgIpc) is 2.08. The van der Waals surface area contributed by atoms with E-state index in [9.17, 15) is 14.4 Å². The highest BCUT2D eigenvalue weighted by Crippen LogP contribution is 2.05. The van der Waals surface area contributed by atoms with E-state index < -0.39 is 23.8 Å². The lowest BCUT2D eigenvalue weighted by Crippen LogP contribution is -2.22. The predicted molar refractivity (Wildman–Crippen MR) is 49.0 cm³/mol. The van der Waals surface area contributed by atoms with Crippen LogP contribution in [-0.2, 0) is 23.9 Å². The maximum Gasteiger partial charge on any atom is 0.303 e. The molecule has 0 fully saturated rings. The van der Waals surface area contributed by atoms with Crippen LogP contribution in [0.15, 0.2) is 0 Å². The number of ether oxygens (including phenoxy) is 2. The third kappa shape index (κ3) is 8.73. The summed E-state index contributed by atoms with van der Waals surface area (Å²) < 4.78 is 9.29. The molecule has 0 aliphatic heterocycles. The summed E-state index contributed by atoms with van der Waals surface area (Å²) in [6.45, 7) is 2.33. The van der Waals surface area contributed by atoms with Crippen molar-refractivity contribution in [2.45, 2.75) is 20.3 Å². The van der Waals surface area contributed by atoms with Crippen molar-refractivity contribution in [2.75, 3.05) is 13.2 Å². The molecule has 6 heteroatoms. The Kier molecular flexibility index (Phi) is 6.08. The van der Waals surface area contributed by atoms with Crippen LogP contribution < -0.4 is 0 Å². The standard InChI is InChI=1S/C9H14O6/c1-6(10)14-4-8(3-9(12)13)5-15-7(2)11/h8H,3-5H2,1-2H3,(H,12,13). The number of carboxylic acid groups (broad SMARTS) is 1. The van der Waals surface area contributed by atoms with Gasteiger partial charge in [-0.3, -0.25) is 14.4 Å². The van der Waals surface area contributed by atoms with E-state index in [1.54, 1.807) is 0 Å². The molecule has 0 saturated carbocycles. The lowest BCUT2D eigenvalue weighted by atomic mass is 10.1. The number of aliphatic carboxylic acids is 1. The van der Waals surface area contributed by atoms with Crippen LogP contribution in [0.4, 0.5) is 0 Å².